The van der Waals surface area contributed by atoms with E-state index in [0.29, 0.717) is 24.0 Å². The van der Waals surface area contributed by atoms with Gasteiger partial charge in [0, 0.05) is 28.7 Å². The second-order valence-electron chi connectivity index (χ2n) is 7.27. The summed E-state index contributed by atoms with van der Waals surface area (Å²) < 4.78 is 83.5. The molecule has 1 aliphatic heterocycles. The number of hydrogen-bond donors (Lipinski definition) is 0. The molecule has 4 rings (SSSR count). The predicted octanol–water partition coefficient (Wildman–Crippen LogP) is 7.10. The van der Waals surface area contributed by atoms with Crippen LogP contribution in [0.1, 0.15) is 37.0 Å². The van der Waals surface area contributed by atoms with E-state index in [1.807, 2.05) is 6.92 Å². The summed E-state index contributed by atoms with van der Waals surface area (Å²) in [5, 5.41) is 0. The molecule has 0 amide bonds. The first kappa shape index (κ1) is 21.2. The molecule has 162 valence electrons. The van der Waals surface area contributed by atoms with Gasteiger partial charge >= 0.3 is 0 Å². The molecule has 7 heteroatoms. The fourth-order valence-electron chi connectivity index (χ4n) is 3.76. The van der Waals surface area contributed by atoms with Gasteiger partial charge < -0.3 is 9.47 Å². The van der Waals surface area contributed by atoms with E-state index in [9.17, 15) is 17.6 Å². The van der Waals surface area contributed by atoms with Crippen molar-refractivity contribution in [2.75, 3.05) is 6.61 Å². The van der Waals surface area contributed by atoms with Crippen molar-refractivity contribution in [1.82, 2.24) is 0 Å². The highest BCUT2D eigenvalue weighted by Crippen LogP contribution is 2.45. The minimum atomic E-state index is -1.29. The van der Waals surface area contributed by atoms with Crippen molar-refractivity contribution >= 4 is 0 Å². The van der Waals surface area contributed by atoms with Crippen LogP contribution in [0.5, 0.6) is 17.2 Å². The molecular weight excluding hydrogens is 415 g/mol. The fourth-order valence-corrected chi connectivity index (χ4v) is 3.76. The molecule has 31 heavy (non-hydrogen) atoms. The minimum absolute atomic E-state index is 0.0609. The Morgan fingerprint density at radius 3 is 2.16 bits per heavy atom. The molecule has 0 saturated heterocycles. The van der Waals surface area contributed by atoms with Crippen molar-refractivity contribution in [3.05, 3.63) is 76.1 Å². The molecule has 3 aromatic rings. The van der Waals surface area contributed by atoms with Crippen LogP contribution in [0.2, 0.25) is 0 Å². The van der Waals surface area contributed by atoms with Gasteiger partial charge in [-0.15, -0.1) is 0 Å². The molecule has 0 N–H and O–H groups in total. The summed E-state index contributed by atoms with van der Waals surface area (Å²) in [7, 11) is 0. The van der Waals surface area contributed by atoms with Crippen LogP contribution >= 0.6 is 0 Å². The Balaban J connectivity index is 1.79. The summed E-state index contributed by atoms with van der Waals surface area (Å²) >= 11 is 0. The Morgan fingerprint density at radius 1 is 0.774 bits per heavy atom. The van der Waals surface area contributed by atoms with Crippen LogP contribution in [0, 0.1) is 29.1 Å². The van der Waals surface area contributed by atoms with Crippen molar-refractivity contribution in [3.63, 3.8) is 0 Å². The van der Waals surface area contributed by atoms with Gasteiger partial charge in [0.25, 0.3) is 0 Å². The molecule has 1 aliphatic rings. The fraction of sp³-hybridized carbons (Fsp3) is 0.250. The Bertz CT molecular complexity index is 1170. The number of benzene rings is 3. The smallest absolute Gasteiger partial charge is 0.205 e. The zero-order valence-electron chi connectivity index (χ0n) is 16.9. The number of fused-ring (bicyclic) bond motifs is 2. The van der Waals surface area contributed by atoms with Crippen LogP contribution in [0.4, 0.5) is 22.0 Å². The van der Waals surface area contributed by atoms with Gasteiger partial charge in [0.05, 0.1) is 6.61 Å². The lowest BCUT2D eigenvalue weighted by Crippen LogP contribution is -2.10. The number of hydrogen-bond acceptors (Lipinski definition) is 2. The van der Waals surface area contributed by atoms with Crippen molar-refractivity contribution < 1.29 is 31.4 Å². The van der Waals surface area contributed by atoms with E-state index in [4.69, 9.17) is 9.47 Å². The van der Waals surface area contributed by atoms with E-state index < -0.39 is 34.8 Å². The summed E-state index contributed by atoms with van der Waals surface area (Å²) in [6.07, 6.45) is 1.04. The largest absolute Gasteiger partial charge is 0.491 e. The lowest BCUT2D eigenvalue weighted by Gasteiger charge is -2.23. The number of halogens is 5. The predicted molar refractivity (Wildman–Crippen MR) is 106 cm³/mol. The lowest BCUT2D eigenvalue weighted by atomic mass is 9.94. The van der Waals surface area contributed by atoms with Gasteiger partial charge in [-0.1, -0.05) is 37.6 Å². The Kier molecular flexibility index (Phi) is 5.60. The molecule has 2 nitrogen and oxygen atoms in total. The molecular formula is C24H19F5O2. The van der Waals surface area contributed by atoms with Crippen LogP contribution in [-0.4, -0.2) is 6.61 Å². The highest BCUT2D eigenvalue weighted by molar-refractivity contribution is 5.70. The zero-order chi connectivity index (χ0) is 22.3. The first-order valence-electron chi connectivity index (χ1n) is 9.97. The van der Waals surface area contributed by atoms with E-state index in [1.165, 1.54) is 30.3 Å². The van der Waals surface area contributed by atoms with Gasteiger partial charge in [-0.3, -0.25) is 0 Å². The summed E-state index contributed by atoms with van der Waals surface area (Å²) in [6, 6.07) is 6.85. The summed E-state index contributed by atoms with van der Waals surface area (Å²) in [5.41, 5.74) is 0.364. The molecule has 0 aromatic heterocycles. The molecule has 0 unspecified atom stereocenters. The molecule has 0 fully saturated rings. The van der Waals surface area contributed by atoms with E-state index >= 15 is 4.39 Å². The Morgan fingerprint density at radius 2 is 1.45 bits per heavy atom. The molecule has 3 aromatic carbocycles. The van der Waals surface area contributed by atoms with E-state index in [1.54, 1.807) is 6.92 Å². The number of rotatable bonds is 5. The normalized spacial score (nSPS) is 12.2. The third-order valence-corrected chi connectivity index (χ3v) is 5.24. The van der Waals surface area contributed by atoms with E-state index in [2.05, 4.69) is 0 Å². The quantitative estimate of drug-likeness (QED) is 0.312. The van der Waals surface area contributed by atoms with Gasteiger partial charge in [0.2, 0.25) is 11.6 Å². The maximum atomic E-state index is 15.3. The van der Waals surface area contributed by atoms with E-state index in [0.717, 1.165) is 0 Å². The van der Waals surface area contributed by atoms with Crippen molar-refractivity contribution in [1.29, 1.82) is 0 Å². The Labute approximate surface area is 176 Å². The third kappa shape index (κ3) is 3.52. The van der Waals surface area contributed by atoms with Gasteiger partial charge in [0.15, 0.2) is 34.7 Å². The molecule has 1 heterocycles. The summed E-state index contributed by atoms with van der Waals surface area (Å²) in [6.45, 7) is 3.61. The molecule has 0 radical (unpaired) electrons. The SMILES string of the molecule is CCCc1ccc(-c2ccc3c(c2F)Oc2c(cc(OCC)c(F)c2F)C3)c(F)c1F. The van der Waals surface area contributed by atoms with Crippen LogP contribution in [0.15, 0.2) is 30.3 Å². The maximum Gasteiger partial charge on any atom is 0.205 e. The van der Waals surface area contributed by atoms with Crippen LogP contribution in [-0.2, 0) is 12.8 Å². The van der Waals surface area contributed by atoms with Gasteiger partial charge in [-0.25, -0.2) is 13.2 Å². The van der Waals surface area contributed by atoms with Gasteiger partial charge in [0.1, 0.15) is 0 Å². The Hall–Kier alpha value is -3.09. The van der Waals surface area contributed by atoms with Crippen molar-refractivity contribution in [2.24, 2.45) is 0 Å². The summed E-state index contributed by atoms with van der Waals surface area (Å²) in [5.74, 6) is -6.75. The zero-order valence-corrected chi connectivity index (χ0v) is 16.9. The van der Waals surface area contributed by atoms with Gasteiger partial charge in [-0.05, 0) is 25.0 Å². The topological polar surface area (TPSA) is 18.5 Å². The van der Waals surface area contributed by atoms with Crippen LogP contribution in [0.3, 0.4) is 0 Å². The van der Waals surface area contributed by atoms with Crippen molar-refractivity contribution in [3.8, 4) is 28.4 Å². The average Bonchev–Trinajstić information content (AvgIpc) is 2.76. The molecule has 0 bridgehead atoms. The second kappa shape index (κ2) is 8.21. The first-order chi connectivity index (χ1) is 14.9. The third-order valence-electron chi connectivity index (χ3n) is 5.24. The molecule has 0 atom stereocenters. The number of aryl methyl sites for hydroxylation is 1. The average molecular weight is 434 g/mol. The lowest BCUT2D eigenvalue weighted by molar-refractivity contribution is 0.306. The second-order valence-corrected chi connectivity index (χ2v) is 7.27. The van der Waals surface area contributed by atoms with E-state index in [-0.39, 0.29) is 41.2 Å². The molecule has 0 aliphatic carbocycles. The van der Waals surface area contributed by atoms with Crippen molar-refractivity contribution in [2.45, 2.75) is 33.1 Å². The monoisotopic (exact) mass is 434 g/mol. The molecule has 0 saturated carbocycles. The summed E-state index contributed by atoms with van der Waals surface area (Å²) in [4.78, 5) is 0. The van der Waals surface area contributed by atoms with Crippen LogP contribution in [0.25, 0.3) is 11.1 Å². The standard InChI is InChI=1S/C24H19F5O2/c1-3-5-12-6-8-15(19(26)18(12)25)16-9-7-13-10-14-11-17(30-4-2)21(28)22(29)24(14)31-23(13)20(16)27/h6-9,11H,3-5,10H2,1-2H3. The first-order valence-corrected chi connectivity index (χ1v) is 9.97. The van der Waals surface area contributed by atoms with Crippen LogP contribution < -0.4 is 9.47 Å². The molecule has 0 spiro atoms. The van der Waals surface area contributed by atoms with Gasteiger partial charge in [-0.2, -0.15) is 8.78 Å². The number of ether oxygens (including phenoxy) is 2. The maximum absolute atomic E-state index is 15.3. The minimum Gasteiger partial charge on any atom is -0.491 e. The highest BCUT2D eigenvalue weighted by atomic mass is 19.2. The highest BCUT2D eigenvalue weighted by Gasteiger charge is 2.30.